The molecule has 0 aliphatic carbocycles. The zero-order valence-electron chi connectivity index (χ0n) is 12.7. The summed E-state index contributed by atoms with van der Waals surface area (Å²) in [4.78, 5) is 14.2. The Hall–Kier alpha value is -1.66. The fourth-order valence-electron chi connectivity index (χ4n) is 2.46. The van der Waals surface area contributed by atoms with Crippen LogP contribution in [0.25, 0.3) is 0 Å². The maximum Gasteiger partial charge on any atom is 0.255 e. The number of aromatic hydroxyl groups is 1. The summed E-state index contributed by atoms with van der Waals surface area (Å²) in [5.74, 6) is -1.26. The first-order valence-corrected chi connectivity index (χ1v) is 7.73. The second kappa shape index (κ2) is 8.70. The van der Waals surface area contributed by atoms with Crippen LogP contribution in [0.3, 0.4) is 0 Å². The van der Waals surface area contributed by atoms with Gasteiger partial charge in [-0.2, -0.15) is 0 Å². The summed E-state index contributed by atoms with van der Waals surface area (Å²) >= 11 is 0. The van der Waals surface area contributed by atoms with E-state index >= 15 is 0 Å². The zero-order valence-corrected chi connectivity index (χ0v) is 12.7. The number of phenols is 1. The molecule has 2 N–H and O–H groups in total. The van der Waals surface area contributed by atoms with Gasteiger partial charge in [-0.3, -0.25) is 9.69 Å². The SMILES string of the molecule is O=C(NCCCCCN1CCOCC1)c1ccc(F)cc1O. The molecule has 1 saturated heterocycles. The van der Waals surface area contributed by atoms with Gasteiger partial charge in [-0.25, -0.2) is 4.39 Å². The molecule has 0 saturated carbocycles. The minimum absolute atomic E-state index is 0.106. The molecule has 0 atom stereocenters. The predicted octanol–water partition coefficient (Wildman–Crippen LogP) is 1.76. The zero-order chi connectivity index (χ0) is 15.8. The number of halogens is 1. The number of ether oxygens (including phenoxy) is 1. The fraction of sp³-hybridized carbons (Fsp3) is 0.562. The number of amides is 1. The van der Waals surface area contributed by atoms with Crippen molar-refractivity contribution in [2.45, 2.75) is 19.3 Å². The molecule has 1 aromatic rings. The van der Waals surface area contributed by atoms with Crippen molar-refractivity contribution in [1.82, 2.24) is 10.2 Å². The number of morpholine rings is 1. The summed E-state index contributed by atoms with van der Waals surface area (Å²) in [7, 11) is 0. The molecule has 0 unspecified atom stereocenters. The van der Waals surface area contributed by atoms with Crippen molar-refractivity contribution in [3.8, 4) is 5.75 Å². The Balaban J connectivity index is 1.59. The van der Waals surface area contributed by atoms with Gasteiger partial charge in [0.05, 0.1) is 18.8 Å². The van der Waals surface area contributed by atoms with Crippen molar-refractivity contribution in [3.63, 3.8) is 0 Å². The molecule has 0 bridgehead atoms. The summed E-state index contributed by atoms with van der Waals surface area (Å²) in [6.07, 6.45) is 3.02. The Morgan fingerprint density at radius 2 is 2.05 bits per heavy atom. The molecular formula is C16H23FN2O3. The Labute approximate surface area is 130 Å². The van der Waals surface area contributed by atoms with E-state index in [1.54, 1.807) is 0 Å². The molecule has 1 amide bonds. The van der Waals surface area contributed by atoms with Gasteiger partial charge in [0.1, 0.15) is 11.6 Å². The number of rotatable bonds is 7. The average molecular weight is 310 g/mol. The number of phenolic OH excluding ortho intramolecular Hbond substituents is 1. The van der Waals surface area contributed by atoms with Gasteiger partial charge < -0.3 is 15.2 Å². The first-order chi connectivity index (χ1) is 10.7. The molecule has 1 heterocycles. The summed E-state index contributed by atoms with van der Waals surface area (Å²) in [6, 6.07) is 3.40. The fourth-order valence-corrected chi connectivity index (χ4v) is 2.46. The minimum Gasteiger partial charge on any atom is -0.507 e. The number of nitrogens with zero attached hydrogens (tertiary/aromatic N) is 1. The second-order valence-electron chi connectivity index (χ2n) is 5.43. The molecule has 1 aliphatic rings. The van der Waals surface area contributed by atoms with Crippen LogP contribution >= 0.6 is 0 Å². The Bertz CT molecular complexity index is 490. The predicted molar refractivity (Wildman–Crippen MR) is 81.5 cm³/mol. The molecule has 0 spiro atoms. The molecule has 122 valence electrons. The number of hydrogen-bond donors (Lipinski definition) is 2. The summed E-state index contributed by atoms with van der Waals surface area (Å²) < 4.78 is 18.1. The summed E-state index contributed by atoms with van der Waals surface area (Å²) in [5.41, 5.74) is 0.106. The molecule has 2 rings (SSSR count). The summed E-state index contributed by atoms with van der Waals surface area (Å²) in [5, 5.41) is 12.3. The number of hydrogen-bond acceptors (Lipinski definition) is 4. The molecular weight excluding hydrogens is 287 g/mol. The van der Waals surface area contributed by atoms with E-state index in [0.29, 0.717) is 6.54 Å². The van der Waals surface area contributed by atoms with Crippen LogP contribution in [0, 0.1) is 5.82 Å². The first kappa shape index (κ1) is 16.7. The van der Waals surface area contributed by atoms with Crippen LogP contribution in [-0.2, 0) is 4.74 Å². The third kappa shape index (κ3) is 5.27. The lowest BCUT2D eigenvalue weighted by Crippen LogP contribution is -2.36. The normalized spacial score (nSPS) is 15.7. The van der Waals surface area contributed by atoms with Crippen molar-refractivity contribution in [3.05, 3.63) is 29.6 Å². The Kier molecular flexibility index (Phi) is 6.61. The van der Waals surface area contributed by atoms with Crippen molar-refractivity contribution < 1.29 is 19.0 Å². The maximum absolute atomic E-state index is 12.9. The van der Waals surface area contributed by atoms with Crippen LogP contribution in [0.4, 0.5) is 4.39 Å². The van der Waals surface area contributed by atoms with E-state index in [0.717, 1.165) is 64.2 Å². The smallest absolute Gasteiger partial charge is 0.255 e. The molecule has 5 nitrogen and oxygen atoms in total. The van der Waals surface area contributed by atoms with E-state index in [1.807, 2.05) is 0 Å². The van der Waals surface area contributed by atoms with Crippen LogP contribution < -0.4 is 5.32 Å². The molecule has 6 heteroatoms. The second-order valence-corrected chi connectivity index (χ2v) is 5.43. The third-order valence-corrected chi connectivity index (χ3v) is 3.74. The van der Waals surface area contributed by atoms with E-state index < -0.39 is 5.82 Å². The lowest BCUT2D eigenvalue weighted by atomic mass is 10.1. The number of nitrogens with one attached hydrogen (secondary N) is 1. The molecule has 0 radical (unpaired) electrons. The molecule has 1 fully saturated rings. The van der Waals surface area contributed by atoms with Gasteiger partial charge in [0.15, 0.2) is 0 Å². The largest absolute Gasteiger partial charge is 0.507 e. The molecule has 1 aliphatic heterocycles. The van der Waals surface area contributed by atoms with Gasteiger partial charge in [0.25, 0.3) is 5.91 Å². The van der Waals surface area contributed by atoms with Crippen molar-refractivity contribution in [2.75, 3.05) is 39.4 Å². The van der Waals surface area contributed by atoms with Crippen LogP contribution in [0.2, 0.25) is 0 Å². The highest BCUT2D eigenvalue weighted by atomic mass is 19.1. The van der Waals surface area contributed by atoms with Crippen LogP contribution in [0.1, 0.15) is 29.6 Å². The van der Waals surface area contributed by atoms with Gasteiger partial charge in [0.2, 0.25) is 0 Å². The monoisotopic (exact) mass is 310 g/mol. The molecule has 1 aromatic carbocycles. The number of unbranched alkanes of at least 4 members (excludes halogenated alkanes) is 2. The van der Waals surface area contributed by atoms with E-state index in [-0.39, 0.29) is 17.2 Å². The van der Waals surface area contributed by atoms with E-state index in [4.69, 9.17) is 4.74 Å². The molecule has 0 aromatic heterocycles. The standard InChI is InChI=1S/C16H23FN2O3/c17-13-4-5-14(15(20)12-13)16(21)18-6-2-1-3-7-19-8-10-22-11-9-19/h4-5,12,20H,1-3,6-11H2,(H,18,21). The highest BCUT2D eigenvalue weighted by molar-refractivity contribution is 5.96. The minimum atomic E-state index is -0.558. The van der Waals surface area contributed by atoms with Gasteiger partial charge >= 0.3 is 0 Å². The number of carbonyl (C=O) groups is 1. The van der Waals surface area contributed by atoms with Crippen molar-refractivity contribution in [1.29, 1.82) is 0 Å². The summed E-state index contributed by atoms with van der Waals surface area (Å²) in [6.45, 7) is 5.25. The van der Waals surface area contributed by atoms with Gasteiger partial charge in [-0.05, 0) is 31.5 Å². The van der Waals surface area contributed by atoms with Crippen LogP contribution in [0.5, 0.6) is 5.75 Å². The van der Waals surface area contributed by atoms with E-state index in [9.17, 15) is 14.3 Å². The third-order valence-electron chi connectivity index (χ3n) is 3.74. The van der Waals surface area contributed by atoms with E-state index in [2.05, 4.69) is 10.2 Å². The quantitative estimate of drug-likeness (QED) is 0.754. The van der Waals surface area contributed by atoms with Crippen LogP contribution in [0.15, 0.2) is 18.2 Å². The van der Waals surface area contributed by atoms with Gasteiger partial charge in [-0.1, -0.05) is 6.42 Å². The lowest BCUT2D eigenvalue weighted by Gasteiger charge is -2.26. The van der Waals surface area contributed by atoms with Crippen LogP contribution in [-0.4, -0.2) is 55.3 Å². The highest BCUT2D eigenvalue weighted by Crippen LogP contribution is 2.17. The highest BCUT2D eigenvalue weighted by Gasteiger charge is 2.11. The van der Waals surface area contributed by atoms with Gasteiger partial charge in [0, 0.05) is 25.7 Å². The van der Waals surface area contributed by atoms with Crippen molar-refractivity contribution >= 4 is 5.91 Å². The Morgan fingerprint density at radius 1 is 1.27 bits per heavy atom. The van der Waals surface area contributed by atoms with E-state index in [1.165, 1.54) is 6.07 Å². The Morgan fingerprint density at radius 3 is 2.77 bits per heavy atom. The maximum atomic E-state index is 12.9. The number of carbonyl (C=O) groups excluding carboxylic acids is 1. The van der Waals surface area contributed by atoms with Gasteiger partial charge in [-0.15, -0.1) is 0 Å². The lowest BCUT2D eigenvalue weighted by molar-refractivity contribution is 0.0371. The first-order valence-electron chi connectivity index (χ1n) is 7.73. The number of benzene rings is 1. The van der Waals surface area contributed by atoms with Crippen molar-refractivity contribution in [2.24, 2.45) is 0 Å². The average Bonchev–Trinajstić information content (AvgIpc) is 2.51. The topological polar surface area (TPSA) is 61.8 Å². The molecule has 22 heavy (non-hydrogen) atoms.